The van der Waals surface area contributed by atoms with Crippen molar-refractivity contribution in [1.29, 1.82) is 0 Å². The highest BCUT2D eigenvalue weighted by Crippen LogP contribution is 2.17. The SMILES string of the molecule is CCCNC(COCC(C)C)C1CCOC1. The van der Waals surface area contributed by atoms with Crippen LogP contribution < -0.4 is 5.32 Å². The normalized spacial score (nSPS) is 22.9. The zero-order valence-electron chi connectivity index (χ0n) is 11.0. The Morgan fingerprint density at radius 2 is 2.19 bits per heavy atom. The van der Waals surface area contributed by atoms with Crippen LogP contribution in [0.2, 0.25) is 0 Å². The molecule has 0 amide bonds. The van der Waals surface area contributed by atoms with Gasteiger partial charge in [-0.3, -0.25) is 0 Å². The van der Waals surface area contributed by atoms with Gasteiger partial charge in [-0.15, -0.1) is 0 Å². The Labute approximate surface area is 99.9 Å². The van der Waals surface area contributed by atoms with Crippen molar-refractivity contribution in [2.45, 2.75) is 39.7 Å². The first-order valence-electron chi connectivity index (χ1n) is 6.63. The number of ether oxygens (including phenoxy) is 2. The van der Waals surface area contributed by atoms with Crippen LogP contribution in [0.1, 0.15) is 33.6 Å². The first-order valence-corrected chi connectivity index (χ1v) is 6.63. The van der Waals surface area contributed by atoms with Crippen molar-refractivity contribution in [3.8, 4) is 0 Å². The van der Waals surface area contributed by atoms with Gasteiger partial charge in [-0.2, -0.15) is 0 Å². The molecule has 1 aliphatic heterocycles. The summed E-state index contributed by atoms with van der Waals surface area (Å²) in [6, 6.07) is 0.473. The predicted molar refractivity (Wildman–Crippen MR) is 66.7 cm³/mol. The third kappa shape index (κ3) is 5.28. The van der Waals surface area contributed by atoms with Crippen molar-refractivity contribution in [2.75, 3.05) is 33.0 Å². The molecule has 0 aromatic carbocycles. The first-order chi connectivity index (χ1) is 7.74. The van der Waals surface area contributed by atoms with Crippen molar-refractivity contribution in [1.82, 2.24) is 5.32 Å². The summed E-state index contributed by atoms with van der Waals surface area (Å²) >= 11 is 0. The molecule has 0 spiro atoms. The zero-order chi connectivity index (χ0) is 11.8. The van der Waals surface area contributed by atoms with E-state index < -0.39 is 0 Å². The summed E-state index contributed by atoms with van der Waals surface area (Å²) in [6.07, 6.45) is 2.35. The summed E-state index contributed by atoms with van der Waals surface area (Å²) in [6.45, 7) is 11.1. The van der Waals surface area contributed by atoms with Gasteiger partial charge in [0.05, 0.1) is 13.2 Å². The van der Waals surface area contributed by atoms with Gasteiger partial charge in [0.2, 0.25) is 0 Å². The molecular weight excluding hydrogens is 202 g/mol. The molecule has 0 aromatic rings. The molecule has 1 N–H and O–H groups in total. The smallest absolute Gasteiger partial charge is 0.0623 e. The standard InChI is InChI=1S/C13H27NO2/c1-4-6-14-13(10-16-8-11(2)3)12-5-7-15-9-12/h11-14H,4-10H2,1-3H3. The quantitative estimate of drug-likeness (QED) is 0.691. The molecule has 1 heterocycles. The molecule has 0 saturated carbocycles. The molecule has 96 valence electrons. The molecule has 0 radical (unpaired) electrons. The van der Waals surface area contributed by atoms with Crippen LogP contribution in [0.25, 0.3) is 0 Å². The second-order valence-corrected chi connectivity index (χ2v) is 5.12. The Morgan fingerprint density at radius 3 is 2.75 bits per heavy atom. The van der Waals surface area contributed by atoms with E-state index in [9.17, 15) is 0 Å². The molecule has 0 aliphatic carbocycles. The van der Waals surface area contributed by atoms with Crippen LogP contribution in [0.3, 0.4) is 0 Å². The van der Waals surface area contributed by atoms with Crippen LogP contribution in [-0.4, -0.2) is 39.0 Å². The molecule has 2 atom stereocenters. The minimum atomic E-state index is 0.473. The van der Waals surface area contributed by atoms with Gasteiger partial charge in [-0.05, 0) is 25.3 Å². The van der Waals surface area contributed by atoms with Crippen molar-refractivity contribution >= 4 is 0 Å². The lowest BCUT2D eigenvalue weighted by Gasteiger charge is -2.24. The number of hydrogen-bond donors (Lipinski definition) is 1. The highest BCUT2D eigenvalue weighted by Gasteiger charge is 2.25. The lowest BCUT2D eigenvalue weighted by Crippen LogP contribution is -2.41. The summed E-state index contributed by atoms with van der Waals surface area (Å²) in [5.41, 5.74) is 0. The average molecular weight is 229 g/mol. The number of hydrogen-bond acceptors (Lipinski definition) is 3. The Morgan fingerprint density at radius 1 is 1.38 bits per heavy atom. The van der Waals surface area contributed by atoms with Crippen molar-refractivity contribution in [2.24, 2.45) is 11.8 Å². The largest absolute Gasteiger partial charge is 0.381 e. The summed E-state index contributed by atoms with van der Waals surface area (Å²) in [5.74, 6) is 1.25. The molecular formula is C13H27NO2. The Hall–Kier alpha value is -0.120. The van der Waals surface area contributed by atoms with Gasteiger partial charge in [0.25, 0.3) is 0 Å². The van der Waals surface area contributed by atoms with Crippen LogP contribution in [0.15, 0.2) is 0 Å². The third-order valence-electron chi connectivity index (χ3n) is 2.94. The Kier molecular flexibility index (Phi) is 7.01. The fourth-order valence-corrected chi connectivity index (χ4v) is 1.99. The Bertz CT molecular complexity index is 167. The van der Waals surface area contributed by atoms with Gasteiger partial charge in [-0.1, -0.05) is 20.8 Å². The molecule has 1 aliphatic rings. The van der Waals surface area contributed by atoms with Gasteiger partial charge in [-0.25, -0.2) is 0 Å². The maximum absolute atomic E-state index is 5.75. The van der Waals surface area contributed by atoms with Crippen LogP contribution in [0, 0.1) is 11.8 Å². The molecule has 3 heteroatoms. The van der Waals surface area contributed by atoms with Gasteiger partial charge >= 0.3 is 0 Å². The van der Waals surface area contributed by atoms with Crippen molar-refractivity contribution in [3.63, 3.8) is 0 Å². The molecule has 16 heavy (non-hydrogen) atoms. The first kappa shape index (κ1) is 13.9. The van der Waals surface area contributed by atoms with Gasteiger partial charge in [0.15, 0.2) is 0 Å². The summed E-state index contributed by atoms with van der Waals surface area (Å²) in [5, 5.41) is 3.58. The fraction of sp³-hybridized carbons (Fsp3) is 1.00. The molecule has 1 fully saturated rings. The third-order valence-corrected chi connectivity index (χ3v) is 2.94. The van der Waals surface area contributed by atoms with Gasteiger partial charge < -0.3 is 14.8 Å². The average Bonchev–Trinajstić information content (AvgIpc) is 2.75. The second kappa shape index (κ2) is 8.04. The maximum Gasteiger partial charge on any atom is 0.0623 e. The number of nitrogens with one attached hydrogen (secondary N) is 1. The molecule has 1 rings (SSSR count). The van der Waals surface area contributed by atoms with E-state index in [2.05, 4.69) is 26.1 Å². The van der Waals surface area contributed by atoms with E-state index in [0.717, 1.165) is 33.0 Å². The van der Waals surface area contributed by atoms with E-state index in [1.165, 1.54) is 12.8 Å². The van der Waals surface area contributed by atoms with E-state index in [1.807, 2.05) is 0 Å². The van der Waals surface area contributed by atoms with Gasteiger partial charge in [0, 0.05) is 25.2 Å². The van der Waals surface area contributed by atoms with E-state index in [0.29, 0.717) is 17.9 Å². The fourth-order valence-electron chi connectivity index (χ4n) is 1.99. The monoisotopic (exact) mass is 229 g/mol. The number of rotatable bonds is 8. The second-order valence-electron chi connectivity index (χ2n) is 5.12. The van der Waals surface area contributed by atoms with Gasteiger partial charge in [0.1, 0.15) is 0 Å². The predicted octanol–water partition coefficient (Wildman–Crippen LogP) is 2.06. The van der Waals surface area contributed by atoms with E-state index in [1.54, 1.807) is 0 Å². The van der Waals surface area contributed by atoms with Crippen LogP contribution in [0.4, 0.5) is 0 Å². The van der Waals surface area contributed by atoms with Crippen LogP contribution in [0.5, 0.6) is 0 Å². The molecule has 0 aromatic heterocycles. The Balaban J connectivity index is 2.25. The molecule has 0 bridgehead atoms. The highest BCUT2D eigenvalue weighted by molar-refractivity contribution is 4.79. The molecule has 3 nitrogen and oxygen atoms in total. The molecule has 2 unspecified atom stereocenters. The summed E-state index contributed by atoms with van der Waals surface area (Å²) in [4.78, 5) is 0. The maximum atomic E-state index is 5.75. The minimum absolute atomic E-state index is 0.473. The summed E-state index contributed by atoms with van der Waals surface area (Å²) in [7, 11) is 0. The van der Waals surface area contributed by atoms with E-state index >= 15 is 0 Å². The van der Waals surface area contributed by atoms with Crippen molar-refractivity contribution in [3.05, 3.63) is 0 Å². The van der Waals surface area contributed by atoms with Crippen LogP contribution in [-0.2, 0) is 9.47 Å². The van der Waals surface area contributed by atoms with Crippen molar-refractivity contribution < 1.29 is 9.47 Å². The lowest BCUT2D eigenvalue weighted by atomic mass is 9.99. The van der Waals surface area contributed by atoms with Crippen LogP contribution >= 0.6 is 0 Å². The van der Waals surface area contributed by atoms with E-state index in [-0.39, 0.29) is 0 Å². The van der Waals surface area contributed by atoms with E-state index in [4.69, 9.17) is 9.47 Å². The topological polar surface area (TPSA) is 30.5 Å². The molecule has 1 saturated heterocycles. The highest BCUT2D eigenvalue weighted by atomic mass is 16.5. The lowest BCUT2D eigenvalue weighted by molar-refractivity contribution is 0.0710. The summed E-state index contributed by atoms with van der Waals surface area (Å²) < 4.78 is 11.2. The minimum Gasteiger partial charge on any atom is -0.381 e. The zero-order valence-corrected chi connectivity index (χ0v) is 11.0.